The van der Waals surface area contributed by atoms with E-state index >= 15 is 0 Å². The van der Waals surface area contributed by atoms with Gasteiger partial charge in [0.05, 0.1) is 22.0 Å². The van der Waals surface area contributed by atoms with Gasteiger partial charge in [0.25, 0.3) is 0 Å². The molecule has 0 atom stereocenters. The van der Waals surface area contributed by atoms with Gasteiger partial charge in [-0.25, -0.2) is 4.98 Å². The molecule has 1 aromatic heterocycles. The molecule has 0 unspecified atom stereocenters. The Morgan fingerprint density at radius 3 is 2.42 bits per heavy atom. The van der Waals surface area contributed by atoms with Crippen LogP contribution in [0.5, 0.6) is 0 Å². The molecule has 0 saturated carbocycles. The van der Waals surface area contributed by atoms with E-state index in [4.69, 9.17) is 11.6 Å². The number of anilines is 4. The summed E-state index contributed by atoms with van der Waals surface area (Å²) in [4.78, 5) is 8.81. The predicted octanol–water partition coefficient (Wildman–Crippen LogP) is 4.80. The number of nitrogens with zero attached hydrogens (tertiary/aromatic N) is 3. The fraction of sp³-hybridized carbons (Fsp3) is 0.0556. The Bertz CT molecular complexity index is 917. The molecule has 0 fully saturated rings. The number of aromatic nitrogens is 2. The molecular formula is C18H14ClN5. The van der Waals surface area contributed by atoms with Crippen LogP contribution in [0.15, 0.2) is 54.6 Å². The van der Waals surface area contributed by atoms with Crippen LogP contribution in [-0.2, 0) is 0 Å². The summed E-state index contributed by atoms with van der Waals surface area (Å²) < 4.78 is 0. The van der Waals surface area contributed by atoms with E-state index in [0.717, 1.165) is 11.4 Å². The number of benzene rings is 2. The maximum atomic E-state index is 9.18. The molecule has 24 heavy (non-hydrogen) atoms. The summed E-state index contributed by atoms with van der Waals surface area (Å²) in [5.74, 6) is 1.03. The predicted molar refractivity (Wildman–Crippen MR) is 95.9 cm³/mol. The van der Waals surface area contributed by atoms with Crippen LogP contribution in [0.4, 0.5) is 23.1 Å². The Hall–Kier alpha value is -3.10. The minimum absolute atomic E-state index is 0.431. The molecule has 2 aromatic carbocycles. The van der Waals surface area contributed by atoms with Crippen molar-refractivity contribution in [3.63, 3.8) is 0 Å². The van der Waals surface area contributed by atoms with Gasteiger partial charge in [0, 0.05) is 11.8 Å². The molecule has 3 aromatic rings. The van der Waals surface area contributed by atoms with Gasteiger partial charge in [0.15, 0.2) is 0 Å². The summed E-state index contributed by atoms with van der Waals surface area (Å²) in [6.45, 7) is 1.88. The Kier molecular flexibility index (Phi) is 4.59. The molecule has 0 spiro atoms. The molecule has 3 rings (SSSR count). The van der Waals surface area contributed by atoms with E-state index in [9.17, 15) is 5.26 Å². The molecule has 0 amide bonds. The van der Waals surface area contributed by atoms with Gasteiger partial charge in [0.2, 0.25) is 5.95 Å². The number of halogens is 1. The summed E-state index contributed by atoms with van der Waals surface area (Å²) in [7, 11) is 0. The van der Waals surface area contributed by atoms with Crippen LogP contribution in [0.25, 0.3) is 0 Å². The highest BCUT2D eigenvalue weighted by Gasteiger charge is 2.07. The zero-order chi connectivity index (χ0) is 16.9. The smallest absolute Gasteiger partial charge is 0.229 e. The molecule has 5 nitrogen and oxygen atoms in total. The molecule has 0 aliphatic heterocycles. The maximum Gasteiger partial charge on any atom is 0.229 e. The molecule has 1 heterocycles. The van der Waals surface area contributed by atoms with Crippen molar-refractivity contribution in [2.45, 2.75) is 6.92 Å². The highest BCUT2D eigenvalue weighted by atomic mass is 35.5. The van der Waals surface area contributed by atoms with E-state index < -0.39 is 0 Å². The van der Waals surface area contributed by atoms with Crippen molar-refractivity contribution in [3.8, 4) is 6.07 Å². The number of rotatable bonds is 4. The number of para-hydroxylation sites is 2. The quantitative estimate of drug-likeness (QED) is 0.716. The Morgan fingerprint density at radius 2 is 1.67 bits per heavy atom. The van der Waals surface area contributed by atoms with Crippen LogP contribution >= 0.6 is 11.6 Å². The van der Waals surface area contributed by atoms with Crippen molar-refractivity contribution < 1.29 is 0 Å². The normalized spacial score (nSPS) is 10.0. The average molecular weight is 336 g/mol. The summed E-state index contributed by atoms with van der Waals surface area (Å²) in [6, 6.07) is 18.6. The Labute approximate surface area is 145 Å². The van der Waals surface area contributed by atoms with Gasteiger partial charge in [-0.2, -0.15) is 10.2 Å². The second-order valence-corrected chi connectivity index (χ2v) is 5.51. The minimum atomic E-state index is 0.431. The summed E-state index contributed by atoms with van der Waals surface area (Å²) in [5, 5.41) is 16.0. The SMILES string of the molecule is Cc1cc(Nc2ccccc2C#N)nc(Nc2ccccc2Cl)n1. The largest absolute Gasteiger partial charge is 0.339 e. The van der Waals surface area contributed by atoms with Crippen LogP contribution in [0, 0.1) is 18.3 Å². The fourth-order valence-corrected chi connectivity index (χ4v) is 2.38. The third-order valence-corrected chi connectivity index (χ3v) is 3.61. The van der Waals surface area contributed by atoms with Gasteiger partial charge < -0.3 is 10.6 Å². The molecule has 0 aliphatic carbocycles. The maximum absolute atomic E-state index is 9.18. The second kappa shape index (κ2) is 6.99. The number of nitriles is 1. The molecule has 6 heteroatoms. The van der Waals surface area contributed by atoms with Gasteiger partial charge in [-0.1, -0.05) is 35.9 Å². The molecule has 0 radical (unpaired) electrons. The molecular weight excluding hydrogens is 322 g/mol. The van der Waals surface area contributed by atoms with Crippen molar-refractivity contribution >= 4 is 34.7 Å². The Balaban J connectivity index is 1.89. The van der Waals surface area contributed by atoms with Crippen LogP contribution in [-0.4, -0.2) is 9.97 Å². The van der Waals surface area contributed by atoms with Gasteiger partial charge in [-0.15, -0.1) is 0 Å². The average Bonchev–Trinajstić information content (AvgIpc) is 2.57. The zero-order valence-electron chi connectivity index (χ0n) is 12.9. The lowest BCUT2D eigenvalue weighted by molar-refractivity contribution is 1.11. The second-order valence-electron chi connectivity index (χ2n) is 5.11. The van der Waals surface area contributed by atoms with E-state index in [1.54, 1.807) is 12.1 Å². The monoisotopic (exact) mass is 335 g/mol. The van der Waals surface area contributed by atoms with E-state index in [-0.39, 0.29) is 0 Å². The van der Waals surface area contributed by atoms with Gasteiger partial charge in [-0.3, -0.25) is 0 Å². The lowest BCUT2D eigenvalue weighted by Crippen LogP contribution is -2.03. The molecule has 0 bridgehead atoms. The van der Waals surface area contributed by atoms with Crippen LogP contribution in [0.1, 0.15) is 11.3 Å². The van der Waals surface area contributed by atoms with E-state index in [2.05, 4.69) is 26.7 Å². The van der Waals surface area contributed by atoms with Gasteiger partial charge in [-0.05, 0) is 31.2 Å². The third kappa shape index (κ3) is 3.62. The van der Waals surface area contributed by atoms with Crippen LogP contribution in [0.3, 0.4) is 0 Å². The lowest BCUT2D eigenvalue weighted by atomic mass is 10.2. The highest BCUT2D eigenvalue weighted by Crippen LogP contribution is 2.25. The number of hydrogen-bond acceptors (Lipinski definition) is 5. The summed E-state index contributed by atoms with van der Waals surface area (Å²) in [6.07, 6.45) is 0. The first kappa shape index (κ1) is 15.8. The van der Waals surface area contributed by atoms with Gasteiger partial charge in [0.1, 0.15) is 11.9 Å². The third-order valence-electron chi connectivity index (χ3n) is 3.28. The van der Waals surface area contributed by atoms with Crippen molar-refractivity contribution in [1.29, 1.82) is 5.26 Å². The van der Waals surface area contributed by atoms with E-state index in [1.807, 2.05) is 49.4 Å². The number of aryl methyl sites for hydroxylation is 1. The first-order chi connectivity index (χ1) is 11.7. The zero-order valence-corrected chi connectivity index (χ0v) is 13.7. The molecule has 2 N–H and O–H groups in total. The number of nitrogens with one attached hydrogen (secondary N) is 2. The van der Waals surface area contributed by atoms with E-state index in [1.165, 1.54) is 0 Å². The first-order valence-corrected chi connectivity index (χ1v) is 7.67. The summed E-state index contributed by atoms with van der Waals surface area (Å²) >= 11 is 6.15. The van der Waals surface area contributed by atoms with Crippen LogP contribution in [0.2, 0.25) is 5.02 Å². The van der Waals surface area contributed by atoms with Crippen molar-refractivity contribution in [2.75, 3.05) is 10.6 Å². The fourth-order valence-electron chi connectivity index (χ4n) is 2.20. The summed E-state index contributed by atoms with van der Waals surface area (Å²) in [5.41, 5.74) is 2.76. The van der Waals surface area contributed by atoms with Crippen LogP contribution < -0.4 is 10.6 Å². The van der Waals surface area contributed by atoms with Gasteiger partial charge >= 0.3 is 0 Å². The van der Waals surface area contributed by atoms with Crippen molar-refractivity contribution in [2.24, 2.45) is 0 Å². The van der Waals surface area contributed by atoms with Crippen molar-refractivity contribution in [3.05, 3.63) is 70.9 Å². The van der Waals surface area contributed by atoms with Crippen molar-refractivity contribution in [1.82, 2.24) is 9.97 Å². The standard InChI is InChI=1S/C18H14ClN5/c1-12-10-17(22-15-8-4-2-6-13(15)11-20)24-18(21-12)23-16-9-5-3-7-14(16)19/h2-10H,1H3,(H2,21,22,23,24). The highest BCUT2D eigenvalue weighted by molar-refractivity contribution is 6.33. The number of hydrogen-bond donors (Lipinski definition) is 2. The molecule has 0 aliphatic rings. The molecule has 0 saturated heterocycles. The minimum Gasteiger partial charge on any atom is -0.339 e. The van der Waals surface area contributed by atoms with E-state index in [0.29, 0.717) is 28.0 Å². The molecule has 118 valence electrons. The first-order valence-electron chi connectivity index (χ1n) is 7.29. The lowest BCUT2D eigenvalue weighted by Gasteiger charge is -2.11. The Morgan fingerprint density at radius 1 is 0.958 bits per heavy atom. The topological polar surface area (TPSA) is 73.6 Å².